The Labute approximate surface area is 97.7 Å². The van der Waals surface area contributed by atoms with E-state index >= 15 is 0 Å². The van der Waals surface area contributed by atoms with Crippen LogP contribution in [-0.4, -0.2) is 14.9 Å². The maximum Gasteiger partial charge on any atom is 0.316 e. The standard InChI is InChI=1S/C8H5BrClN3O2/c1-3-11-5-2-4(9)6(10)8(13(14)15)7(5)12-3/h2H,1H3,(H,11,12). The number of benzene rings is 1. The second-order valence-corrected chi connectivity index (χ2v) is 4.23. The van der Waals surface area contributed by atoms with Crippen LogP contribution in [0.4, 0.5) is 5.69 Å². The lowest BCUT2D eigenvalue weighted by atomic mass is 10.3. The van der Waals surface area contributed by atoms with Crippen molar-refractivity contribution in [1.29, 1.82) is 0 Å². The molecule has 15 heavy (non-hydrogen) atoms. The first-order chi connectivity index (χ1) is 7.00. The molecule has 2 rings (SSSR count). The molecule has 0 radical (unpaired) electrons. The summed E-state index contributed by atoms with van der Waals surface area (Å²) in [6.45, 7) is 1.73. The van der Waals surface area contributed by atoms with Crippen LogP contribution in [0.3, 0.4) is 0 Å². The lowest BCUT2D eigenvalue weighted by Crippen LogP contribution is -1.91. The smallest absolute Gasteiger partial charge is 0.316 e. The average Bonchev–Trinajstić information content (AvgIpc) is 2.46. The number of nitrogens with zero attached hydrogens (tertiary/aromatic N) is 2. The predicted octanol–water partition coefficient (Wildman–Crippen LogP) is 3.20. The van der Waals surface area contributed by atoms with Gasteiger partial charge in [0.1, 0.15) is 10.8 Å². The summed E-state index contributed by atoms with van der Waals surface area (Å²) in [7, 11) is 0. The van der Waals surface area contributed by atoms with E-state index in [1.165, 1.54) is 0 Å². The van der Waals surface area contributed by atoms with Gasteiger partial charge in [-0.3, -0.25) is 10.1 Å². The molecule has 1 aromatic carbocycles. The number of aryl methyl sites for hydroxylation is 1. The Bertz CT molecular complexity index is 567. The van der Waals surface area contributed by atoms with Crippen LogP contribution in [-0.2, 0) is 0 Å². The van der Waals surface area contributed by atoms with Gasteiger partial charge in [0.2, 0.25) is 0 Å². The van der Waals surface area contributed by atoms with Gasteiger partial charge in [-0.25, -0.2) is 4.98 Å². The van der Waals surface area contributed by atoms with Crippen LogP contribution in [0, 0.1) is 17.0 Å². The molecule has 7 heteroatoms. The minimum atomic E-state index is -0.532. The van der Waals surface area contributed by atoms with E-state index in [-0.39, 0.29) is 16.2 Å². The SMILES string of the molecule is Cc1nc2c([N+](=O)[O-])c(Cl)c(Br)cc2[nH]1. The van der Waals surface area contributed by atoms with Crippen LogP contribution in [0.5, 0.6) is 0 Å². The van der Waals surface area contributed by atoms with Crippen molar-refractivity contribution >= 4 is 44.3 Å². The quantitative estimate of drug-likeness (QED) is 0.647. The fourth-order valence-corrected chi connectivity index (χ4v) is 2.00. The Morgan fingerprint density at radius 3 is 2.93 bits per heavy atom. The van der Waals surface area contributed by atoms with Gasteiger partial charge < -0.3 is 4.98 Å². The highest BCUT2D eigenvalue weighted by molar-refractivity contribution is 9.10. The number of aromatic nitrogens is 2. The first kappa shape index (κ1) is 10.4. The molecule has 0 fully saturated rings. The number of hydrogen-bond acceptors (Lipinski definition) is 3. The van der Waals surface area contributed by atoms with Crippen molar-refractivity contribution in [3.63, 3.8) is 0 Å². The molecule has 0 atom stereocenters. The summed E-state index contributed by atoms with van der Waals surface area (Å²) in [6.07, 6.45) is 0. The molecule has 0 saturated carbocycles. The molecule has 0 spiro atoms. The molecule has 1 heterocycles. The van der Waals surface area contributed by atoms with E-state index in [1.54, 1.807) is 13.0 Å². The summed E-state index contributed by atoms with van der Waals surface area (Å²) in [6, 6.07) is 1.67. The van der Waals surface area contributed by atoms with Crippen molar-refractivity contribution < 1.29 is 4.92 Å². The van der Waals surface area contributed by atoms with E-state index < -0.39 is 4.92 Å². The largest absolute Gasteiger partial charge is 0.342 e. The first-order valence-electron chi connectivity index (χ1n) is 3.99. The van der Waals surface area contributed by atoms with Crippen molar-refractivity contribution in [2.24, 2.45) is 0 Å². The van der Waals surface area contributed by atoms with E-state index in [2.05, 4.69) is 25.9 Å². The van der Waals surface area contributed by atoms with Crippen LogP contribution >= 0.6 is 27.5 Å². The summed E-state index contributed by atoms with van der Waals surface area (Å²) in [5, 5.41) is 10.9. The third-order valence-electron chi connectivity index (χ3n) is 1.95. The Balaban J connectivity index is 2.94. The van der Waals surface area contributed by atoms with Crippen molar-refractivity contribution in [3.8, 4) is 0 Å². The number of fused-ring (bicyclic) bond motifs is 1. The number of nitrogens with one attached hydrogen (secondary N) is 1. The molecular formula is C8H5BrClN3O2. The summed E-state index contributed by atoms with van der Waals surface area (Å²) in [4.78, 5) is 17.3. The van der Waals surface area contributed by atoms with Gasteiger partial charge in [-0.05, 0) is 28.9 Å². The fraction of sp³-hybridized carbons (Fsp3) is 0.125. The molecule has 0 saturated heterocycles. The maximum absolute atomic E-state index is 10.8. The molecule has 2 aromatic rings. The summed E-state index contributed by atoms with van der Waals surface area (Å²) < 4.78 is 0.479. The van der Waals surface area contributed by atoms with Crippen LogP contribution in [0.1, 0.15) is 5.82 Å². The van der Waals surface area contributed by atoms with Crippen LogP contribution < -0.4 is 0 Å². The lowest BCUT2D eigenvalue weighted by molar-refractivity contribution is -0.383. The molecular weight excluding hydrogens is 285 g/mol. The van der Waals surface area contributed by atoms with E-state index in [0.29, 0.717) is 15.8 Å². The van der Waals surface area contributed by atoms with Gasteiger partial charge in [0.15, 0.2) is 5.52 Å². The van der Waals surface area contributed by atoms with Crippen molar-refractivity contribution in [3.05, 3.63) is 31.5 Å². The summed E-state index contributed by atoms with van der Waals surface area (Å²) >= 11 is 8.99. The van der Waals surface area contributed by atoms with Gasteiger partial charge in [-0.1, -0.05) is 11.6 Å². The highest BCUT2D eigenvalue weighted by atomic mass is 79.9. The number of H-pyrrole nitrogens is 1. The number of aromatic amines is 1. The Hall–Kier alpha value is -1.14. The van der Waals surface area contributed by atoms with Crippen LogP contribution in [0.25, 0.3) is 11.0 Å². The number of nitro benzene ring substituents is 1. The van der Waals surface area contributed by atoms with Crippen LogP contribution in [0.15, 0.2) is 10.5 Å². The highest BCUT2D eigenvalue weighted by Gasteiger charge is 2.22. The Morgan fingerprint density at radius 1 is 1.67 bits per heavy atom. The second-order valence-electron chi connectivity index (χ2n) is 3.00. The third kappa shape index (κ3) is 1.59. The summed E-state index contributed by atoms with van der Waals surface area (Å²) in [5.74, 6) is 0.613. The van der Waals surface area contributed by atoms with E-state index in [1.807, 2.05) is 0 Å². The number of nitro groups is 1. The maximum atomic E-state index is 10.8. The lowest BCUT2D eigenvalue weighted by Gasteiger charge is -1.98. The van der Waals surface area contributed by atoms with Crippen LogP contribution in [0.2, 0.25) is 5.02 Å². The van der Waals surface area contributed by atoms with Crippen molar-refractivity contribution in [2.75, 3.05) is 0 Å². The average molecular weight is 291 g/mol. The third-order valence-corrected chi connectivity index (χ3v) is 3.18. The molecule has 1 aromatic heterocycles. The zero-order chi connectivity index (χ0) is 11.2. The van der Waals surface area contributed by atoms with Gasteiger partial charge in [-0.2, -0.15) is 0 Å². The molecule has 0 bridgehead atoms. The fourth-order valence-electron chi connectivity index (χ4n) is 1.37. The predicted molar refractivity (Wildman–Crippen MR) is 60.2 cm³/mol. The molecule has 78 valence electrons. The molecule has 0 aliphatic rings. The topological polar surface area (TPSA) is 71.8 Å². The van der Waals surface area contributed by atoms with E-state index in [9.17, 15) is 10.1 Å². The zero-order valence-electron chi connectivity index (χ0n) is 7.54. The van der Waals surface area contributed by atoms with Gasteiger partial charge in [-0.15, -0.1) is 0 Å². The van der Waals surface area contributed by atoms with E-state index in [0.717, 1.165) is 0 Å². The zero-order valence-corrected chi connectivity index (χ0v) is 9.89. The minimum Gasteiger partial charge on any atom is -0.342 e. The molecule has 5 nitrogen and oxygen atoms in total. The van der Waals surface area contributed by atoms with E-state index in [4.69, 9.17) is 11.6 Å². The summed E-state index contributed by atoms with van der Waals surface area (Å²) in [5.41, 5.74) is 0.701. The number of hydrogen-bond donors (Lipinski definition) is 1. The Morgan fingerprint density at radius 2 is 2.33 bits per heavy atom. The van der Waals surface area contributed by atoms with Crippen molar-refractivity contribution in [1.82, 2.24) is 9.97 Å². The molecule has 0 amide bonds. The second kappa shape index (κ2) is 3.46. The first-order valence-corrected chi connectivity index (χ1v) is 5.16. The van der Waals surface area contributed by atoms with Crippen molar-refractivity contribution in [2.45, 2.75) is 6.92 Å². The number of imidazole rings is 1. The molecule has 0 aliphatic heterocycles. The van der Waals surface area contributed by atoms with Gasteiger partial charge in [0.05, 0.1) is 10.4 Å². The normalized spacial score (nSPS) is 10.9. The molecule has 0 unspecified atom stereocenters. The Kier molecular flexibility index (Phi) is 2.40. The van der Waals surface area contributed by atoms with Gasteiger partial charge in [0, 0.05) is 4.47 Å². The number of halogens is 2. The highest BCUT2D eigenvalue weighted by Crippen LogP contribution is 2.37. The van der Waals surface area contributed by atoms with Gasteiger partial charge in [0.25, 0.3) is 0 Å². The monoisotopic (exact) mass is 289 g/mol. The minimum absolute atomic E-state index is 0.0685. The number of rotatable bonds is 1. The molecule has 1 N–H and O–H groups in total. The molecule has 0 aliphatic carbocycles. The van der Waals surface area contributed by atoms with Gasteiger partial charge >= 0.3 is 5.69 Å².